The Balaban J connectivity index is 2.41. The number of hydrogen-bond donors (Lipinski definition) is 1. The summed E-state index contributed by atoms with van der Waals surface area (Å²) in [4.78, 5) is -0.347. The van der Waals surface area contributed by atoms with Gasteiger partial charge >= 0.3 is 0 Å². The zero-order valence-electron chi connectivity index (χ0n) is 10.1. The van der Waals surface area contributed by atoms with E-state index in [0.717, 1.165) is 24.0 Å². The third-order valence-electron chi connectivity index (χ3n) is 2.85. The van der Waals surface area contributed by atoms with Crippen LogP contribution in [0.3, 0.4) is 0 Å². The molecule has 1 aromatic rings. The van der Waals surface area contributed by atoms with Gasteiger partial charge in [-0.25, -0.2) is 12.8 Å². The normalized spacial score (nSPS) is 18.2. The van der Waals surface area contributed by atoms with Gasteiger partial charge in [-0.2, -0.15) is 16.1 Å². The van der Waals surface area contributed by atoms with Crippen LogP contribution in [-0.4, -0.2) is 37.3 Å². The fraction of sp³-hybridized carbons (Fsp3) is 0.455. The molecule has 0 unspecified atom stereocenters. The van der Waals surface area contributed by atoms with E-state index in [1.165, 1.54) is 10.4 Å². The predicted molar refractivity (Wildman–Crippen MR) is 79.2 cm³/mol. The molecule has 0 spiro atoms. The molecule has 0 bridgehead atoms. The summed E-state index contributed by atoms with van der Waals surface area (Å²) in [5.74, 6) is 0.877. The number of halogens is 2. The zero-order chi connectivity index (χ0) is 14.0. The molecule has 4 nitrogen and oxygen atoms in total. The van der Waals surface area contributed by atoms with Crippen LogP contribution in [0.1, 0.15) is 6.42 Å². The van der Waals surface area contributed by atoms with Crippen LogP contribution in [0, 0.1) is 5.82 Å². The molecule has 106 valence electrons. The molecule has 0 saturated carbocycles. The smallest absolute Gasteiger partial charge is 0.246 e. The van der Waals surface area contributed by atoms with Gasteiger partial charge in [-0.05, 0) is 40.2 Å². The van der Waals surface area contributed by atoms with E-state index in [1.807, 2.05) is 0 Å². The monoisotopic (exact) mass is 368 g/mol. The summed E-state index contributed by atoms with van der Waals surface area (Å²) >= 11 is 4.79. The maximum atomic E-state index is 13.9. The fourth-order valence-corrected chi connectivity index (χ4v) is 4.72. The molecule has 1 aliphatic rings. The average Bonchev–Trinajstić information content (AvgIpc) is 2.62. The molecule has 0 amide bonds. The number of sulfonamides is 1. The number of hydrogen-bond acceptors (Lipinski definition) is 4. The Hall–Kier alpha value is -0.310. The van der Waals surface area contributed by atoms with E-state index in [0.29, 0.717) is 17.6 Å². The summed E-state index contributed by atoms with van der Waals surface area (Å²) in [6, 6.07) is 2.27. The van der Waals surface area contributed by atoms with Crippen molar-refractivity contribution in [3.63, 3.8) is 0 Å². The van der Waals surface area contributed by atoms with E-state index < -0.39 is 15.8 Å². The van der Waals surface area contributed by atoms with Crippen LogP contribution in [0.5, 0.6) is 0 Å². The van der Waals surface area contributed by atoms with E-state index in [1.54, 1.807) is 11.8 Å². The zero-order valence-corrected chi connectivity index (χ0v) is 13.3. The molecular formula is C11H14BrFN2O2S2. The Kier molecular flexibility index (Phi) is 4.75. The second-order valence-electron chi connectivity index (χ2n) is 4.17. The highest BCUT2D eigenvalue weighted by Crippen LogP contribution is 2.28. The standard InChI is InChI=1S/C11H14BrFN2O2S2/c12-8-6-9(13)11(7-10(8)14)19(16,17)15-2-1-4-18-5-3-15/h6-7H,1-5,14H2. The summed E-state index contributed by atoms with van der Waals surface area (Å²) in [7, 11) is -3.81. The van der Waals surface area contributed by atoms with Crippen molar-refractivity contribution in [2.24, 2.45) is 0 Å². The molecule has 1 fully saturated rings. The molecule has 2 N–H and O–H groups in total. The van der Waals surface area contributed by atoms with Crippen molar-refractivity contribution < 1.29 is 12.8 Å². The highest BCUT2D eigenvalue weighted by molar-refractivity contribution is 9.10. The lowest BCUT2D eigenvalue weighted by atomic mass is 10.3. The van der Waals surface area contributed by atoms with Crippen molar-refractivity contribution in [1.82, 2.24) is 4.31 Å². The van der Waals surface area contributed by atoms with Crippen molar-refractivity contribution in [2.75, 3.05) is 30.3 Å². The van der Waals surface area contributed by atoms with Crippen molar-refractivity contribution in [1.29, 1.82) is 0 Å². The summed E-state index contributed by atoms with van der Waals surface area (Å²) < 4.78 is 40.4. The van der Waals surface area contributed by atoms with Crippen molar-refractivity contribution in [3.05, 3.63) is 22.4 Å². The molecule has 1 saturated heterocycles. The molecular weight excluding hydrogens is 355 g/mol. The van der Waals surface area contributed by atoms with Gasteiger partial charge in [0.15, 0.2) is 0 Å². The van der Waals surface area contributed by atoms with Crippen LogP contribution in [0.15, 0.2) is 21.5 Å². The van der Waals surface area contributed by atoms with E-state index in [9.17, 15) is 12.8 Å². The Labute approximate surface area is 124 Å². The molecule has 0 aromatic heterocycles. The minimum Gasteiger partial charge on any atom is -0.398 e. The van der Waals surface area contributed by atoms with E-state index in [-0.39, 0.29) is 10.6 Å². The van der Waals surface area contributed by atoms with Crippen LogP contribution in [-0.2, 0) is 10.0 Å². The lowest BCUT2D eigenvalue weighted by Gasteiger charge is -2.20. The highest BCUT2D eigenvalue weighted by atomic mass is 79.9. The van der Waals surface area contributed by atoms with E-state index in [4.69, 9.17) is 5.73 Å². The van der Waals surface area contributed by atoms with Crippen molar-refractivity contribution in [3.8, 4) is 0 Å². The Morgan fingerprint density at radius 3 is 2.79 bits per heavy atom. The van der Waals surface area contributed by atoms with Gasteiger partial charge in [-0.3, -0.25) is 0 Å². The average molecular weight is 369 g/mol. The van der Waals surface area contributed by atoms with Crippen LogP contribution in [0.4, 0.5) is 10.1 Å². The number of nitrogens with zero attached hydrogens (tertiary/aromatic N) is 1. The van der Waals surface area contributed by atoms with Gasteiger partial charge in [0.05, 0.1) is 0 Å². The number of thioether (sulfide) groups is 1. The first-order valence-electron chi connectivity index (χ1n) is 5.75. The lowest BCUT2D eigenvalue weighted by Crippen LogP contribution is -2.33. The summed E-state index contributed by atoms with van der Waals surface area (Å²) in [5.41, 5.74) is 5.86. The molecule has 1 heterocycles. The number of nitrogen functional groups attached to an aromatic ring is 1. The van der Waals surface area contributed by atoms with Crippen LogP contribution >= 0.6 is 27.7 Å². The summed E-state index contributed by atoms with van der Waals surface area (Å²) in [6.45, 7) is 0.827. The summed E-state index contributed by atoms with van der Waals surface area (Å²) in [5, 5.41) is 0. The first-order chi connectivity index (χ1) is 8.93. The van der Waals surface area contributed by atoms with Gasteiger partial charge in [0.2, 0.25) is 10.0 Å². The molecule has 1 aliphatic heterocycles. The molecule has 2 rings (SSSR count). The predicted octanol–water partition coefficient (Wildman–Crippen LogP) is 2.30. The molecule has 0 atom stereocenters. The van der Waals surface area contributed by atoms with Crippen molar-refractivity contribution in [2.45, 2.75) is 11.3 Å². The third kappa shape index (κ3) is 3.24. The first kappa shape index (κ1) is 15.1. The molecule has 0 aliphatic carbocycles. The minimum absolute atomic E-state index is 0.212. The van der Waals surface area contributed by atoms with Crippen LogP contribution in [0.25, 0.3) is 0 Å². The number of anilines is 1. The Morgan fingerprint density at radius 1 is 1.32 bits per heavy atom. The van der Waals surface area contributed by atoms with E-state index >= 15 is 0 Å². The van der Waals surface area contributed by atoms with Gasteiger partial charge in [-0.15, -0.1) is 0 Å². The van der Waals surface area contributed by atoms with Crippen LogP contribution < -0.4 is 5.73 Å². The van der Waals surface area contributed by atoms with Gasteiger partial charge in [0.1, 0.15) is 10.7 Å². The molecule has 19 heavy (non-hydrogen) atoms. The molecule has 0 radical (unpaired) electrons. The topological polar surface area (TPSA) is 63.4 Å². The van der Waals surface area contributed by atoms with Gasteiger partial charge in [0.25, 0.3) is 0 Å². The fourth-order valence-electron chi connectivity index (χ4n) is 1.85. The first-order valence-corrected chi connectivity index (χ1v) is 9.14. The molecule has 8 heteroatoms. The lowest BCUT2D eigenvalue weighted by molar-refractivity contribution is 0.430. The number of rotatable bonds is 2. The Bertz CT molecular complexity index is 572. The maximum absolute atomic E-state index is 13.9. The third-order valence-corrected chi connectivity index (χ3v) is 6.50. The second kappa shape index (κ2) is 5.99. The molecule has 1 aromatic carbocycles. The van der Waals surface area contributed by atoms with Gasteiger partial charge in [-0.1, -0.05) is 0 Å². The SMILES string of the molecule is Nc1cc(S(=O)(=O)N2CCCSCC2)c(F)cc1Br. The van der Waals surface area contributed by atoms with Crippen LogP contribution in [0.2, 0.25) is 0 Å². The largest absolute Gasteiger partial charge is 0.398 e. The quantitative estimate of drug-likeness (QED) is 0.813. The minimum atomic E-state index is -3.81. The van der Waals surface area contributed by atoms with E-state index in [2.05, 4.69) is 15.9 Å². The van der Waals surface area contributed by atoms with Gasteiger partial charge < -0.3 is 5.73 Å². The number of nitrogens with two attached hydrogens (primary N) is 1. The summed E-state index contributed by atoms with van der Waals surface area (Å²) in [6.07, 6.45) is 0.775. The van der Waals surface area contributed by atoms with Crippen molar-refractivity contribution >= 4 is 43.4 Å². The maximum Gasteiger partial charge on any atom is 0.246 e. The number of benzene rings is 1. The second-order valence-corrected chi connectivity index (χ2v) is 8.16. The van der Waals surface area contributed by atoms with Gasteiger partial charge in [0, 0.05) is 29.0 Å². The Morgan fingerprint density at radius 2 is 2.05 bits per heavy atom. The highest BCUT2D eigenvalue weighted by Gasteiger charge is 2.28.